The van der Waals surface area contributed by atoms with E-state index in [9.17, 15) is 9.59 Å². The summed E-state index contributed by atoms with van der Waals surface area (Å²) in [5, 5.41) is 4.04. The Morgan fingerprint density at radius 1 is 1.40 bits per heavy atom. The van der Waals surface area contributed by atoms with Crippen molar-refractivity contribution < 1.29 is 9.26 Å². The number of hydrogen-bond donors (Lipinski definition) is 1. The highest BCUT2D eigenvalue weighted by atomic mass is 16.5. The lowest BCUT2D eigenvalue weighted by Crippen LogP contribution is -2.49. The van der Waals surface area contributed by atoms with E-state index in [4.69, 9.17) is 9.26 Å². The second-order valence-corrected chi connectivity index (χ2v) is 6.93. The van der Waals surface area contributed by atoms with E-state index in [0.29, 0.717) is 23.9 Å². The maximum Gasteiger partial charge on any atom is 0.330 e. The molecule has 2 saturated heterocycles. The van der Waals surface area contributed by atoms with E-state index in [1.807, 2.05) is 4.90 Å². The number of rotatable bonds is 3. The first-order valence-corrected chi connectivity index (χ1v) is 8.43. The van der Waals surface area contributed by atoms with Gasteiger partial charge in [0.05, 0.1) is 18.2 Å². The molecule has 2 aliphatic heterocycles. The Hall–Kier alpha value is -2.42. The fourth-order valence-corrected chi connectivity index (χ4v) is 4.10. The van der Waals surface area contributed by atoms with Crippen LogP contribution in [-0.2, 0) is 4.74 Å². The van der Waals surface area contributed by atoms with Gasteiger partial charge < -0.3 is 14.2 Å². The molecule has 2 aromatic heterocycles. The lowest BCUT2D eigenvalue weighted by atomic mass is 9.88. The fourth-order valence-electron chi connectivity index (χ4n) is 4.10. The van der Waals surface area contributed by atoms with E-state index in [1.54, 1.807) is 20.0 Å². The molecule has 0 amide bonds. The molecule has 2 bridgehead atoms. The second-order valence-electron chi connectivity index (χ2n) is 6.93. The fraction of sp³-hybridized carbons (Fsp3) is 0.625. The maximum absolute atomic E-state index is 12.4. The van der Waals surface area contributed by atoms with Crippen molar-refractivity contribution in [2.75, 3.05) is 11.4 Å². The first kappa shape index (κ1) is 16.1. The highest BCUT2D eigenvalue weighted by Crippen LogP contribution is 2.52. The number of anilines is 1. The molecule has 0 saturated carbocycles. The van der Waals surface area contributed by atoms with Crippen LogP contribution in [-0.4, -0.2) is 37.9 Å². The third-order valence-corrected chi connectivity index (χ3v) is 5.58. The van der Waals surface area contributed by atoms with Crippen LogP contribution in [0.4, 0.5) is 5.95 Å². The Bertz CT molecular complexity index is 931. The van der Waals surface area contributed by atoms with Crippen LogP contribution in [0.5, 0.6) is 0 Å². The summed E-state index contributed by atoms with van der Waals surface area (Å²) in [5.41, 5.74) is -0.789. The molecule has 0 radical (unpaired) electrons. The number of fused-ring (bicyclic) bond motifs is 2. The van der Waals surface area contributed by atoms with Crippen molar-refractivity contribution in [2.45, 2.75) is 52.0 Å². The van der Waals surface area contributed by atoms with Crippen molar-refractivity contribution in [1.82, 2.24) is 19.7 Å². The molecule has 25 heavy (non-hydrogen) atoms. The summed E-state index contributed by atoms with van der Waals surface area (Å²) in [6.07, 6.45) is 1.83. The van der Waals surface area contributed by atoms with E-state index in [2.05, 4.69) is 29.0 Å². The first-order chi connectivity index (χ1) is 11.9. The van der Waals surface area contributed by atoms with E-state index in [-0.39, 0.29) is 17.5 Å². The van der Waals surface area contributed by atoms with Crippen LogP contribution in [0.15, 0.2) is 20.3 Å². The van der Waals surface area contributed by atoms with E-state index < -0.39 is 17.5 Å². The molecule has 2 aliphatic rings. The zero-order valence-corrected chi connectivity index (χ0v) is 14.6. The number of aromatic amines is 1. The van der Waals surface area contributed by atoms with Gasteiger partial charge in [0.15, 0.2) is 6.23 Å². The number of aromatic nitrogens is 4. The highest BCUT2D eigenvalue weighted by Gasteiger charge is 2.62. The lowest BCUT2D eigenvalue weighted by molar-refractivity contribution is -0.0953. The molecule has 4 atom stereocenters. The summed E-state index contributed by atoms with van der Waals surface area (Å²) >= 11 is 0. The largest absolute Gasteiger partial charge is 0.347 e. The number of nitrogens with one attached hydrogen (secondary N) is 1. The smallest absolute Gasteiger partial charge is 0.330 e. The third-order valence-electron chi connectivity index (χ3n) is 5.58. The van der Waals surface area contributed by atoms with Gasteiger partial charge >= 0.3 is 5.69 Å². The molecular weight excluding hydrogens is 326 g/mol. The molecule has 9 heteroatoms. The molecule has 2 aromatic rings. The van der Waals surface area contributed by atoms with Gasteiger partial charge in [-0.2, -0.15) is 4.98 Å². The van der Waals surface area contributed by atoms with E-state index >= 15 is 0 Å². The minimum absolute atomic E-state index is 0.125. The quantitative estimate of drug-likeness (QED) is 0.872. The van der Waals surface area contributed by atoms with Gasteiger partial charge in [0.2, 0.25) is 5.89 Å². The molecule has 0 aliphatic carbocycles. The Labute approximate surface area is 143 Å². The van der Waals surface area contributed by atoms with Crippen LogP contribution in [0.2, 0.25) is 0 Å². The van der Waals surface area contributed by atoms with Gasteiger partial charge in [-0.3, -0.25) is 14.3 Å². The summed E-state index contributed by atoms with van der Waals surface area (Å²) in [7, 11) is 0. The number of morpholine rings is 1. The van der Waals surface area contributed by atoms with E-state index in [0.717, 1.165) is 6.42 Å². The normalized spacial score (nSPS) is 31.0. The van der Waals surface area contributed by atoms with Gasteiger partial charge in [-0.05, 0) is 18.5 Å². The molecule has 4 rings (SSSR count). The molecule has 0 aromatic carbocycles. The average molecular weight is 347 g/mol. The summed E-state index contributed by atoms with van der Waals surface area (Å²) in [6, 6.07) is -0.125. The van der Waals surface area contributed by atoms with Crippen molar-refractivity contribution >= 4 is 5.95 Å². The predicted molar refractivity (Wildman–Crippen MR) is 88.5 cm³/mol. The minimum atomic E-state index is -0.523. The topological polar surface area (TPSA) is 106 Å². The molecular formula is C16H21N5O4. The Morgan fingerprint density at radius 3 is 2.76 bits per heavy atom. The first-order valence-electron chi connectivity index (χ1n) is 8.43. The summed E-state index contributed by atoms with van der Waals surface area (Å²) in [5.74, 6) is 1.16. The lowest BCUT2D eigenvalue weighted by Gasteiger charge is -2.37. The maximum atomic E-state index is 12.4. The summed E-state index contributed by atoms with van der Waals surface area (Å²) < 4.78 is 12.9. The van der Waals surface area contributed by atoms with Gasteiger partial charge in [-0.15, -0.1) is 0 Å². The van der Waals surface area contributed by atoms with Crippen molar-refractivity contribution in [3.63, 3.8) is 0 Å². The van der Waals surface area contributed by atoms with Crippen molar-refractivity contribution in [3.05, 3.63) is 38.5 Å². The van der Waals surface area contributed by atoms with Crippen molar-refractivity contribution in [2.24, 2.45) is 5.92 Å². The Balaban J connectivity index is 1.81. The van der Waals surface area contributed by atoms with Gasteiger partial charge in [-0.1, -0.05) is 13.8 Å². The van der Waals surface area contributed by atoms with Gasteiger partial charge in [0.25, 0.3) is 11.5 Å². The second kappa shape index (κ2) is 5.29. The molecule has 2 fully saturated rings. The SMILES string of the molecule is CC[C@@]12CN(c3noc(C)n3)[C@@H]([C@H](n3cc(C)c(=O)[nH]c3=O)O1)[C@@H]2C. The number of H-pyrrole nitrogens is 1. The van der Waals surface area contributed by atoms with Crippen molar-refractivity contribution in [3.8, 4) is 0 Å². The van der Waals surface area contributed by atoms with Gasteiger partial charge in [0, 0.05) is 24.6 Å². The highest BCUT2D eigenvalue weighted by molar-refractivity contribution is 5.38. The Kier molecular flexibility index (Phi) is 3.40. The standard InChI is InChI=1S/C16H21N5O4/c1-5-16-7-21(14-17-10(4)25-19-14)11(9(16)3)13(24-16)20-6-8(2)12(22)18-15(20)23/h6,9,11,13H,5,7H2,1-4H3,(H,18,22,23)/t9-,11+,13+,16-/m0/s1. The van der Waals surface area contributed by atoms with Gasteiger partial charge in [0.1, 0.15) is 0 Å². The number of aryl methyl sites for hydroxylation is 2. The monoisotopic (exact) mass is 347 g/mol. The summed E-state index contributed by atoms with van der Waals surface area (Å²) in [4.78, 5) is 32.8. The average Bonchev–Trinajstić information content (AvgIpc) is 3.21. The molecule has 134 valence electrons. The van der Waals surface area contributed by atoms with Crippen LogP contribution in [0, 0.1) is 19.8 Å². The zero-order valence-electron chi connectivity index (χ0n) is 14.6. The molecule has 0 spiro atoms. The Morgan fingerprint density at radius 2 is 2.16 bits per heavy atom. The molecule has 0 unspecified atom stereocenters. The van der Waals surface area contributed by atoms with E-state index in [1.165, 1.54) is 4.57 Å². The minimum Gasteiger partial charge on any atom is -0.347 e. The zero-order chi connectivity index (χ0) is 17.9. The number of ether oxygens (including phenoxy) is 1. The van der Waals surface area contributed by atoms with Crippen molar-refractivity contribution in [1.29, 1.82) is 0 Å². The van der Waals surface area contributed by atoms with Crippen LogP contribution in [0.25, 0.3) is 0 Å². The third kappa shape index (κ3) is 2.18. The molecule has 4 heterocycles. The predicted octanol–water partition coefficient (Wildman–Crippen LogP) is 0.739. The summed E-state index contributed by atoms with van der Waals surface area (Å²) in [6.45, 7) is 8.24. The molecule has 9 nitrogen and oxygen atoms in total. The molecule has 1 N–H and O–H groups in total. The number of hydrogen-bond acceptors (Lipinski definition) is 7. The van der Waals surface area contributed by atoms with Gasteiger partial charge in [-0.25, -0.2) is 4.79 Å². The van der Waals surface area contributed by atoms with Crippen LogP contribution in [0.1, 0.15) is 38.0 Å². The van der Waals surface area contributed by atoms with Crippen LogP contribution >= 0.6 is 0 Å². The van der Waals surface area contributed by atoms with Crippen LogP contribution < -0.4 is 16.1 Å². The number of nitrogens with zero attached hydrogens (tertiary/aromatic N) is 4. The van der Waals surface area contributed by atoms with Crippen LogP contribution in [0.3, 0.4) is 0 Å².